The second-order valence-corrected chi connectivity index (χ2v) is 4.61. The van der Waals surface area contributed by atoms with Crippen molar-refractivity contribution in [2.24, 2.45) is 0 Å². The van der Waals surface area contributed by atoms with Crippen LogP contribution in [0.15, 0.2) is 53.0 Å². The van der Waals surface area contributed by atoms with Gasteiger partial charge in [0.1, 0.15) is 0 Å². The maximum Gasteiger partial charge on any atom is 0.269 e. The van der Waals surface area contributed by atoms with Crippen LogP contribution < -0.4 is 5.32 Å². The van der Waals surface area contributed by atoms with Crippen LogP contribution in [0.4, 0.5) is 11.4 Å². The molecule has 0 saturated carbocycles. The van der Waals surface area contributed by atoms with E-state index < -0.39 is 0 Å². The Kier molecular flexibility index (Phi) is 3.94. The quantitative estimate of drug-likeness (QED) is 0.687. The third-order valence-electron chi connectivity index (χ3n) is 2.48. The molecule has 0 aliphatic heterocycles. The first-order chi connectivity index (χ1) is 8.66. The van der Waals surface area contributed by atoms with Gasteiger partial charge >= 0.3 is 0 Å². The zero-order chi connectivity index (χ0) is 13.0. The standard InChI is InChI=1S/C13H11BrN2O2/c14-12-6-1-2-7-13(12)15-9-10-4-3-5-11(8-10)16(17)18/h1-8,15H,9H2. The second kappa shape index (κ2) is 5.64. The predicted molar refractivity (Wildman–Crippen MR) is 74.6 cm³/mol. The highest BCUT2D eigenvalue weighted by Crippen LogP contribution is 2.22. The van der Waals surface area contributed by atoms with Gasteiger partial charge in [0, 0.05) is 28.8 Å². The van der Waals surface area contributed by atoms with E-state index >= 15 is 0 Å². The van der Waals surface area contributed by atoms with Gasteiger partial charge in [-0.2, -0.15) is 0 Å². The molecule has 2 rings (SSSR count). The number of rotatable bonds is 4. The molecule has 18 heavy (non-hydrogen) atoms. The number of hydrogen-bond acceptors (Lipinski definition) is 3. The molecule has 0 atom stereocenters. The Morgan fingerprint density at radius 2 is 1.94 bits per heavy atom. The number of benzene rings is 2. The number of nitrogens with zero attached hydrogens (tertiary/aromatic N) is 1. The lowest BCUT2D eigenvalue weighted by Crippen LogP contribution is -2.00. The van der Waals surface area contributed by atoms with Gasteiger partial charge in [0.15, 0.2) is 0 Å². The minimum Gasteiger partial charge on any atom is -0.380 e. The summed E-state index contributed by atoms with van der Waals surface area (Å²) in [7, 11) is 0. The molecule has 0 spiro atoms. The smallest absolute Gasteiger partial charge is 0.269 e. The summed E-state index contributed by atoms with van der Waals surface area (Å²) in [5, 5.41) is 13.9. The number of para-hydroxylation sites is 1. The summed E-state index contributed by atoms with van der Waals surface area (Å²) in [4.78, 5) is 10.3. The highest BCUT2D eigenvalue weighted by molar-refractivity contribution is 9.10. The van der Waals surface area contributed by atoms with Crippen LogP contribution in [0.2, 0.25) is 0 Å². The van der Waals surface area contributed by atoms with Gasteiger partial charge in [-0.05, 0) is 33.6 Å². The van der Waals surface area contributed by atoms with Gasteiger partial charge in [-0.1, -0.05) is 24.3 Å². The second-order valence-electron chi connectivity index (χ2n) is 3.76. The van der Waals surface area contributed by atoms with E-state index in [-0.39, 0.29) is 10.6 Å². The van der Waals surface area contributed by atoms with E-state index in [1.165, 1.54) is 6.07 Å². The van der Waals surface area contributed by atoms with E-state index in [9.17, 15) is 10.1 Å². The molecule has 0 radical (unpaired) electrons. The molecule has 2 aromatic carbocycles. The van der Waals surface area contributed by atoms with Crippen molar-refractivity contribution in [3.63, 3.8) is 0 Å². The molecule has 0 saturated heterocycles. The Balaban J connectivity index is 2.09. The van der Waals surface area contributed by atoms with E-state index in [1.807, 2.05) is 30.3 Å². The van der Waals surface area contributed by atoms with E-state index in [4.69, 9.17) is 0 Å². The van der Waals surface area contributed by atoms with Crippen LogP contribution in [0.1, 0.15) is 5.56 Å². The van der Waals surface area contributed by atoms with Crippen LogP contribution in [-0.2, 0) is 6.54 Å². The fourth-order valence-corrected chi connectivity index (χ4v) is 2.01. The lowest BCUT2D eigenvalue weighted by molar-refractivity contribution is -0.384. The van der Waals surface area contributed by atoms with Crippen LogP contribution in [0.3, 0.4) is 0 Å². The van der Waals surface area contributed by atoms with Gasteiger partial charge in [0.05, 0.1) is 4.92 Å². The molecule has 92 valence electrons. The van der Waals surface area contributed by atoms with E-state index in [1.54, 1.807) is 12.1 Å². The summed E-state index contributed by atoms with van der Waals surface area (Å²) in [6.45, 7) is 0.546. The van der Waals surface area contributed by atoms with E-state index in [0.29, 0.717) is 6.54 Å². The molecule has 0 fully saturated rings. The van der Waals surface area contributed by atoms with Gasteiger partial charge in [-0.25, -0.2) is 0 Å². The summed E-state index contributed by atoms with van der Waals surface area (Å²) in [5.41, 5.74) is 1.95. The Hall–Kier alpha value is -1.88. The zero-order valence-corrected chi connectivity index (χ0v) is 11.1. The van der Waals surface area contributed by atoms with Gasteiger partial charge in [-0.15, -0.1) is 0 Å². The van der Waals surface area contributed by atoms with Gasteiger partial charge in [-0.3, -0.25) is 10.1 Å². The fourth-order valence-electron chi connectivity index (χ4n) is 1.58. The largest absolute Gasteiger partial charge is 0.380 e. The van der Waals surface area contributed by atoms with Crippen molar-refractivity contribution in [1.82, 2.24) is 0 Å². The molecule has 0 amide bonds. The van der Waals surface area contributed by atoms with Crippen molar-refractivity contribution in [2.75, 3.05) is 5.32 Å². The van der Waals surface area contributed by atoms with Crippen molar-refractivity contribution in [3.8, 4) is 0 Å². The summed E-state index contributed by atoms with van der Waals surface area (Å²) >= 11 is 3.44. The number of halogens is 1. The molecule has 0 aliphatic rings. The molecular formula is C13H11BrN2O2. The van der Waals surface area contributed by atoms with Crippen molar-refractivity contribution in [2.45, 2.75) is 6.54 Å². The lowest BCUT2D eigenvalue weighted by atomic mass is 10.2. The number of hydrogen-bond donors (Lipinski definition) is 1. The van der Waals surface area contributed by atoms with Crippen LogP contribution in [-0.4, -0.2) is 4.92 Å². The lowest BCUT2D eigenvalue weighted by Gasteiger charge is -2.08. The van der Waals surface area contributed by atoms with Crippen molar-refractivity contribution < 1.29 is 4.92 Å². The summed E-state index contributed by atoms with van der Waals surface area (Å²) in [5.74, 6) is 0. The number of nitro groups is 1. The molecule has 0 unspecified atom stereocenters. The van der Waals surface area contributed by atoms with Crippen molar-refractivity contribution in [3.05, 3.63) is 68.7 Å². The van der Waals surface area contributed by atoms with Gasteiger partial charge in [0.2, 0.25) is 0 Å². The zero-order valence-electron chi connectivity index (χ0n) is 9.47. The van der Waals surface area contributed by atoms with Crippen molar-refractivity contribution in [1.29, 1.82) is 0 Å². The highest BCUT2D eigenvalue weighted by Gasteiger charge is 2.05. The van der Waals surface area contributed by atoms with E-state index in [0.717, 1.165) is 15.7 Å². The molecule has 4 nitrogen and oxygen atoms in total. The third-order valence-corrected chi connectivity index (χ3v) is 3.17. The maximum atomic E-state index is 10.7. The average Bonchev–Trinajstić information content (AvgIpc) is 2.38. The first-order valence-electron chi connectivity index (χ1n) is 5.38. The van der Waals surface area contributed by atoms with Gasteiger partial charge in [0.25, 0.3) is 5.69 Å². The minimum atomic E-state index is -0.387. The highest BCUT2D eigenvalue weighted by atomic mass is 79.9. The number of anilines is 1. The molecule has 0 aliphatic carbocycles. The Labute approximate surface area is 113 Å². The molecule has 5 heteroatoms. The topological polar surface area (TPSA) is 55.2 Å². The maximum absolute atomic E-state index is 10.7. The monoisotopic (exact) mass is 306 g/mol. The van der Waals surface area contributed by atoms with E-state index in [2.05, 4.69) is 21.2 Å². The van der Waals surface area contributed by atoms with Crippen molar-refractivity contribution >= 4 is 27.3 Å². The molecule has 0 heterocycles. The number of non-ortho nitro benzene ring substituents is 1. The number of nitro benzene ring substituents is 1. The normalized spacial score (nSPS) is 10.1. The Morgan fingerprint density at radius 3 is 2.67 bits per heavy atom. The predicted octanol–water partition coefficient (Wildman–Crippen LogP) is 3.97. The molecular weight excluding hydrogens is 296 g/mol. The van der Waals surface area contributed by atoms with Gasteiger partial charge < -0.3 is 5.32 Å². The SMILES string of the molecule is O=[N+]([O-])c1cccc(CNc2ccccc2Br)c1. The van der Waals surface area contributed by atoms with Crippen LogP contribution >= 0.6 is 15.9 Å². The number of nitrogens with one attached hydrogen (secondary N) is 1. The Bertz CT molecular complexity index is 572. The minimum absolute atomic E-state index is 0.112. The summed E-state index contributed by atoms with van der Waals surface area (Å²) < 4.78 is 0.968. The van der Waals surface area contributed by atoms with Crippen LogP contribution in [0.5, 0.6) is 0 Å². The molecule has 1 N–H and O–H groups in total. The molecule has 0 bridgehead atoms. The third kappa shape index (κ3) is 3.07. The fraction of sp³-hybridized carbons (Fsp3) is 0.0769. The van der Waals surface area contributed by atoms with Crippen LogP contribution in [0.25, 0.3) is 0 Å². The molecule has 2 aromatic rings. The molecule has 0 aromatic heterocycles. The first-order valence-corrected chi connectivity index (χ1v) is 6.18. The van der Waals surface area contributed by atoms with Crippen LogP contribution in [0, 0.1) is 10.1 Å². The average molecular weight is 307 g/mol. The Morgan fingerprint density at radius 1 is 1.17 bits per heavy atom. The first kappa shape index (κ1) is 12.6. The summed E-state index contributed by atoms with van der Waals surface area (Å²) in [6.07, 6.45) is 0. The summed E-state index contributed by atoms with van der Waals surface area (Å²) in [6, 6.07) is 14.4.